The van der Waals surface area contributed by atoms with Crippen LogP contribution in [0.4, 0.5) is 0 Å². The minimum atomic E-state index is -0.937. The first-order chi connectivity index (χ1) is 38.4. The van der Waals surface area contributed by atoms with E-state index < -0.39 is 36.0 Å². The van der Waals surface area contributed by atoms with E-state index in [0.717, 1.165) is 81.7 Å². The molecular formula is C59H60N10O8S2. The lowest BCUT2D eigenvalue weighted by molar-refractivity contribution is -0.126. The molecule has 4 aromatic heterocycles. The SMILES string of the molecule is O=C(N[C@H](C(=O)N[C@@H](CC1CCNC1=O)C(=O)c1nc2ccccc2s1)C1CC1)c1cc2ccccc2[nH]1.O=C(N[C@H](C(=O)N[C@@H](C[C@@H]1CCNC1=O)C(=O)c1nc2ccccc2s1)C1CCCCC1)c1cc2ccccc2[nH]1. The van der Waals surface area contributed by atoms with Crippen LogP contribution in [0.15, 0.2) is 109 Å². The first-order valence-corrected chi connectivity index (χ1v) is 28.8. The highest BCUT2D eigenvalue weighted by Crippen LogP contribution is 2.34. The van der Waals surface area contributed by atoms with Gasteiger partial charge in [-0.1, -0.05) is 79.9 Å². The Bertz CT molecular complexity index is 3500. The number of hydrogen-bond acceptors (Lipinski definition) is 12. The molecule has 2 saturated heterocycles. The minimum absolute atomic E-state index is 0.00342. The number of benzene rings is 4. The molecule has 4 aromatic carbocycles. The topological polar surface area (TPSA) is 266 Å². The van der Waals surface area contributed by atoms with Gasteiger partial charge in [-0.05, 0) is 112 Å². The lowest BCUT2D eigenvalue weighted by Crippen LogP contribution is -2.55. The molecule has 0 spiro atoms. The third kappa shape index (κ3) is 12.1. The molecule has 8 aromatic rings. The number of nitrogens with one attached hydrogen (secondary N) is 8. The summed E-state index contributed by atoms with van der Waals surface area (Å²) in [6, 6.07) is 30.2. The van der Waals surface area contributed by atoms with Gasteiger partial charge in [0.05, 0.1) is 32.5 Å². The Balaban J connectivity index is 0.000000168. The molecule has 12 rings (SSSR count). The predicted molar refractivity (Wildman–Crippen MR) is 302 cm³/mol. The van der Waals surface area contributed by atoms with Gasteiger partial charge >= 0.3 is 0 Å². The van der Waals surface area contributed by atoms with Crippen LogP contribution >= 0.6 is 22.7 Å². The second-order valence-electron chi connectivity index (χ2n) is 21.0. The van der Waals surface area contributed by atoms with Crippen LogP contribution in [0.1, 0.15) is 111 Å². The molecule has 6 atom stereocenters. The average Bonchev–Trinajstić information content (AvgIpc) is 4.19. The summed E-state index contributed by atoms with van der Waals surface area (Å²) in [7, 11) is 0. The Morgan fingerprint density at radius 2 is 0.924 bits per heavy atom. The van der Waals surface area contributed by atoms with Crippen LogP contribution in [-0.4, -0.2) is 104 Å². The van der Waals surface area contributed by atoms with Crippen LogP contribution in [0, 0.1) is 23.7 Å². The van der Waals surface area contributed by atoms with Gasteiger partial charge in [0.15, 0.2) is 10.0 Å². The molecule has 6 amide bonds. The summed E-state index contributed by atoms with van der Waals surface area (Å²) in [6.45, 7) is 1.09. The van der Waals surface area contributed by atoms with Crippen molar-refractivity contribution in [2.45, 2.75) is 94.8 Å². The number of aromatic nitrogens is 4. The lowest BCUT2D eigenvalue weighted by atomic mass is 9.83. The van der Waals surface area contributed by atoms with Crippen molar-refractivity contribution in [2.24, 2.45) is 23.7 Å². The Morgan fingerprint density at radius 1 is 0.506 bits per heavy atom. The standard InChI is InChI=1S/C31H33N5O4S.C28H27N5O4S/c37-27(31-35-22-12-6-7-13-25(22)41-31)23(17-20-14-15-32-28(20)38)34-30(40)26(18-8-2-1-3-9-18)36-29(39)24-16-19-10-4-5-11-21(19)33-24;34-24(28-32-19-7-3-4-8-22(19)38-28)20(14-17-11-12-29-25(17)35)31-27(37)23(15-9-10-15)33-26(36)21-13-16-5-1-2-6-18(16)30-21/h4-7,10-13,16,18,20,23,26,33H,1-3,8-9,14-15,17H2,(H,32,38)(H,34,40)(H,36,39);1-8,13,15,17,20,23,30H,9-12,14H2,(H,29,35)(H,31,37)(H,33,36)/t20-,23-,26-;17?,20-,23-/m00/s1. The molecule has 4 aliphatic rings. The van der Waals surface area contributed by atoms with Crippen molar-refractivity contribution in [3.05, 3.63) is 131 Å². The largest absolute Gasteiger partial charge is 0.356 e. The zero-order chi connectivity index (χ0) is 54.6. The molecule has 2 saturated carbocycles. The number of ketones is 2. The quantitative estimate of drug-likeness (QED) is 0.0392. The van der Waals surface area contributed by atoms with Gasteiger partial charge in [-0.2, -0.15) is 0 Å². The summed E-state index contributed by atoms with van der Waals surface area (Å²) < 4.78 is 1.76. The van der Waals surface area contributed by atoms with E-state index in [2.05, 4.69) is 51.8 Å². The van der Waals surface area contributed by atoms with Gasteiger partial charge in [0.2, 0.25) is 35.2 Å². The van der Waals surface area contributed by atoms with E-state index in [0.29, 0.717) is 52.9 Å². The smallest absolute Gasteiger partial charge is 0.268 e. The van der Waals surface area contributed by atoms with E-state index in [1.165, 1.54) is 22.7 Å². The molecule has 0 radical (unpaired) electrons. The maximum Gasteiger partial charge on any atom is 0.268 e. The number of carbonyl (C=O) groups excluding carboxylic acids is 8. The maximum atomic E-state index is 13.9. The second-order valence-corrected chi connectivity index (χ2v) is 23.1. The third-order valence-corrected chi connectivity index (χ3v) is 17.6. The van der Waals surface area contributed by atoms with E-state index >= 15 is 0 Å². The highest BCUT2D eigenvalue weighted by atomic mass is 32.1. The first-order valence-electron chi connectivity index (χ1n) is 27.2. The summed E-state index contributed by atoms with van der Waals surface area (Å²) >= 11 is 2.55. The molecule has 18 nitrogen and oxygen atoms in total. The fraction of sp³-hybridized carbons (Fsp3) is 0.356. The number of fused-ring (bicyclic) bond motifs is 4. The number of nitrogens with zero attached hydrogens (tertiary/aromatic N) is 2. The van der Waals surface area contributed by atoms with Crippen molar-refractivity contribution in [3.63, 3.8) is 0 Å². The highest BCUT2D eigenvalue weighted by molar-refractivity contribution is 7.20. The molecule has 8 N–H and O–H groups in total. The summed E-state index contributed by atoms with van der Waals surface area (Å²) in [5.41, 5.74) is 3.86. The Morgan fingerprint density at radius 3 is 1.33 bits per heavy atom. The van der Waals surface area contributed by atoms with Crippen LogP contribution in [0.5, 0.6) is 0 Å². The van der Waals surface area contributed by atoms with Crippen molar-refractivity contribution in [2.75, 3.05) is 13.1 Å². The Kier molecular flexibility index (Phi) is 15.7. The summed E-state index contributed by atoms with van der Waals surface area (Å²) in [5.74, 6) is -3.25. The zero-order valence-electron chi connectivity index (χ0n) is 43.2. The Hall–Kier alpha value is -8.10. The third-order valence-electron chi connectivity index (χ3n) is 15.5. The van der Waals surface area contributed by atoms with Gasteiger partial charge in [0.1, 0.15) is 23.5 Å². The van der Waals surface area contributed by atoms with Gasteiger partial charge in [0, 0.05) is 46.7 Å². The predicted octanol–water partition coefficient (Wildman–Crippen LogP) is 7.53. The van der Waals surface area contributed by atoms with Gasteiger partial charge in [0.25, 0.3) is 11.8 Å². The van der Waals surface area contributed by atoms with Crippen LogP contribution in [0.2, 0.25) is 0 Å². The number of rotatable bonds is 18. The zero-order valence-corrected chi connectivity index (χ0v) is 44.8. The van der Waals surface area contributed by atoms with Crippen molar-refractivity contribution in [1.82, 2.24) is 51.8 Å². The van der Waals surface area contributed by atoms with Crippen LogP contribution in [0.3, 0.4) is 0 Å². The Labute approximate surface area is 462 Å². The fourth-order valence-electron chi connectivity index (χ4n) is 11.1. The van der Waals surface area contributed by atoms with Crippen LogP contribution in [-0.2, 0) is 19.2 Å². The number of carbonyl (C=O) groups is 8. The van der Waals surface area contributed by atoms with Crippen molar-refractivity contribution >= 4 is 112 Å². The number of amides is 6. The van der Waals surface area contributed by atoms with E-state index in [4.69, 9.17) is 0 Å². The van der Waals surface area contributed by atoms with E-state index in [9.17, 15) is 38.4 Å². The molecule has 406 valence electrons. The van der Waals surface area contributed by atoms with E-state index in [-0.39, 0.29) is 71.7 Å². The molecular weight excluding hydrogens is 1040 g/mol. The van der Waals surface area contributed by atoms with E-state index in [1.807, 2.05) is 97.1 Å². The van der Waals surface area contributed by atoms with Crippen LogP contribution in [0.25, 0.3) is 42.2 Å². The van der Waals surface area contributed by atoms with Crippen molar-refractivity contribution < 1.29 is 38.4 Å². The summed E-state index contributed by atoms with van der Waals surface area (Å²) in [5, 5.41) is 19.7. The molecule has 0 bridgehead atoms. The van der Waals surface area contributed by atoms with Gasteiger partial charge in [-0.15, -0.1) is 22.7 Å². The molecule has 1 unspecified atom stereocenters. The number of para-hydroxylation sites is 4. The number of Topliss-reactive ketones (excluding diaryl/α,β-unsaturated/α-hetero) is 2. The highest BCUT2D eigenvalue weighted by Gasteiger charge is 2.41. The molecule has 20 heteroatoms. The fourth-order valence-corrected chi connectivity index (χ4v) is 13.0. The van der Waals surface area contributed by atoms with Crippen LogP contribution < -0.4 is 31.9 Å². The average molecular weight is 1100 g/mol. The monoisotopic (exact) mass is 1100 g/mol. The van der Waals surface area contributed by atoms with Gasteiger partial charge in [-0.25, -0.2) is 9.97 Å². The van der Waals surface area contributed by atoms with E-state index in [1.54, 1.807) is 12.1 Å². The minimum Gasteiger partial charge on any atom is -0.356 e. The number of aromatic amines is 2. The van der Waals surface area contributed by atoms with Crippen molar-refractivity contribution in [1.29, 1.82) is 0 Å². The normalized spacial score (nSPS) is 18.9. The first kappa shape index (κ1) is 52.9. The van der Waals surface area contributed by atoms with Crippen molar-refractivity contribution in [3.8, 4) is 0 Å². The molecule has 4 fully saturated rings. The lowest BCUT2D eigenvalue weighted by Gasteiger charge is -2.31. The number of thiazole rings is 2. The van der Waals surface area contributed by atoms with Gasteiger partial charge in [-0.3, -0.25) is 38.4 Å². The summed E-state index contributed by atoms with van der Waals surface area (Å²) in [4.78, 5) is 121. The second kappa shape index (κ2) is 23.5. The maximum absolute atomic E-state index is 13.9. The number of hydrogen-bond donors (Lipinski definition) is 8. The molecule has 6 heterocycles. The molecule has 2 aliphatic carbocycles. The molecule has 2 aliphatic heterocycles. The molecule has 79 heavy (non-hydrogen) atoms. The summed E-state index contributed by atoms with van der Waals surface area (Å²) in [6.07, 6.45) is 7.86. The van der Waals surface area contributed by atoms with Gasteiger partial charge < -0.3 is 41.9 Å². The number of H-pyrrole nitrogens is 2.